The van der Waals surface area contributed by atoms with Gasteiger partial charge >= 0.3 is 5.97 Å². The molecule has 128 valence electrons. The van der Waals surface area contributed by atoms with Crippen molar-refractivity contribution in [2.24, 2.45) is 0 Å². The van der Waals surface area contributed by atoms with Crippen molar-refractivity contribution in [2.45, 2.75) is 13.0 Å². The van der Waals surface area contributed by atoms with Gasteiger partial charge in [-0.2, -0.15) is 0 Å². The van der Waals surface area contributed by atoms with Gasteiger partial charge in [0.05, 0.1) is 22.1 Å². The summed E-state index contributed by atoms with van der Waals surface area (Å²) in [6, 6.07) is 6.43. The second-order valence-corrected chi connectivity index (χ2v) is 7.17. The van der Waals surface area contributed by atoms with E-state index in [4.69, 9.17) is 34.8 Å². The molecule has 2 heterocycles. The summed E-state index contributed by atoms with van der Waals surface area (Å²) in [4.78, 5) is 15.9. The summed E-state index contributed by atoms with van der Waals surface area (Å²) in [5.74, 6) is -0.475. The van der Waals surface area contributed by atoms with E-state index in [2.05, 4.69) is 10.3 Å². The van der Waals surface area contributed by atoms with E-state index in [9.17, 15) is 9.90 Å². The quantitative estimate of drug-likeness (QED) is 0.638. The summed E-state index contributed by atoms with van der Waals surface area (Å²) in [7, 11) is 0. The van der Waals surface area contributed by atoms with Crippen molar-refractivity contribution in [3.05, 3.63) is 56.0 Å². The Balaban J connectivity index is 2.00. The van der Waals surface area contributed by atoms with Gasteiger partial charge in [0, 0.05) is 16.6 Å². The Kier molecular flexibility index (Phi) is 3.83. The lowest BCUT2D eigenvalue weighted by Gasteiger charge is -2.18. The predicted molar refractivity (Wildman–Crippen MR) is 99.5 cm³/mol. The molecule has 1 aliphatic heterocycles. The number of carboxylic acids is 1. The molecule has 1 atom stereocenters. The van der Waals surface area contributed by atoms with Crippen LogP contribution in [0.5, 0.6) is 0 Å². The number of aryl methyl sites for hydroxylation is 1. The Hall–Kier alpha value is -1.95. The zero-order valence-electron chi connectivity index (χ0n) is 13.0. The molecule has 0 radical (unpaired) electrons. The van der Waals surface area contributed by atoms with Crippen molar-refractivity contribution >= 4 is 57.8 Å². The van der Waals surface area contributed by atoms with Gasteiger partial charge < -0.3 is 10.4 Å². The first kappa shape index (κ1) is 16.5. The number of nitrogens with one attached hydrogen (secondary N) is 1. The largest absolute Gasteiger partial charge is 0.478 e. The molecule has 25 heavy (non-hydrogen) atoms. The van der Waals surface area contributed by atoms with Crippen LogP contribution in [0.2, 0.25) is 15.1 Å². The minimum atomic E-state index is -1.05. The fraction of sp³-hybridized carbons (Fsp3) is 0.176. The maximum atomic E-state index is 11.5. The van der Waals surface area contributed by atoms with Crippen molar-refractivity contribution in [3.63, 3.8) is 0 Å². The standard InChI is InChI=1S/C17H12Cl3N3O2/c1-7-4-8(18)5-11(20)13(7)12-6-21-17-22-14-9(16(24)25)2-3-10(19)15(14)23(12)17/h2-5,12H,6H2,1H3,(H,21,22)(H,24,25). The number of halogens is 3. The molecule has 0 bridgehead atoms. The number of nitrogens with zero attached hydrogens (tertiary/aromatic N) is 2. The van der Waals surface area contributed by atoms with Crippen LogP contribution < -0.4 is 5.32 Å². The summed E-state index contributed by atoms with van der Waals surface area (Å²) < 4.78 is 1.91. The smallest absolute Gasteiger partial charge is 0.337 e. The number of fused-ring (bicyclic) bond motifs is 3. The van der Waals surface area contributed by atoms with Gasteiger partial charge in [-0.25, -0.2) is 9.78 Å². The van der Waals surface area contributed by atoms with E-state index in [-0.39, 0.29) is 11.6 Å². The predicted octanol–water partition coefficient (Wildman–Crippen LogP) is 5.02. The molecule has 4 rings (SSSR count). The molecule has 0 fully saturated rings. The Morgan fingerprint density at radius 1 is 1.28 bits per heavy atom. The van der Waals surface area contributed by atoms with Gasteiger partial charge in [0.15, 0.2) is 0 Å². The first-order valence-electron chi connectivity index (χ1n) is 7.51. The van der Waals surface area contributed by atoms with Gasteiger partial charge in [-0.3, -0.25) is 4.57 Å². The monoisotopic (exact) mass is 395 g/mol. The van der Waals surface area contributed by atoms with Crippen molar-refractivity contribution in [1.82, 2.24) is 9.55 Å². The number of carboxylic acid groups (broad SMARTS) is 1. The van der Waals surface area contributed by atoms with Crippen LogP contribution in [0.15, 0.2) is 24.3 Å². The second kappa shape index (κ2) is 5.80. The number of hydrogen-bond donors (Lipinski definition) is 2. The number of benzene rings is 2. The number of aromatic nitrogens is 2. The van der Waals surface area contributed by atoms with E-state index >= 15 is 0 Å². The van der Waals surface area contributed by atoms with E-state index in [1.165, 1.54) is 6.07 Å². The highest BCUT2D eigenvalue weighted by Gasteiger charge is 2.32. The number of carbonyl (C=O) groups is 1. The van der Waals surface area contributed by atoms with Crippen LogP contribution in [0.1, 0.15) is 27.5 Å². The van der Waals surface area contributed by atoms with Crippen LogP contribution in [0.25, 0.3) is 11.0 Å². The van der Waals surface area contributed by atoms with E-state index in [1.54, 1.807) is 12.1 Å². The van der Waals surface area contributed by atoms with Crippen molar-refractivity contribution < 1.29 is 9.90 Å². The Bertz CT molecular complexity index is 1020. The fourth-order valence-corrected chi connectivity index (χ4v) is 4.37. The average molecular weight is 397 g/mol. The lowest BCUT2D eigenvalue weighted by atomic mass is 10.0. The first-order chi connectivity index (χ1) is 11.9. The molecule has 1 unspecified atom stereocenters. The van der Waals surface area contributed by atoms with E-state index in [1.807, 2.05) is 17.6 Å². The maximum Gasteiger partial charge on any atom is 0.337 e. The number of anilines is 1. The van der Waals surface area contributed by atoms with Gasteiger partial charge in [0.25, 0.3) is 0 Å². The molecular weight excluding hydrogens is 385 g/mol. The van der Waals surface area contributed by atoms with Gasteiger partial charge in [-0.05, 0) is 42.3 Å². The lowest BCUT2D eigenvalue weighted by molar-refractivity contribution is 0.0699. The Labute approximate surface area is 158 Å². The maximum absolute atomic E-state index is 11.5. The summed E-state index contributed by atoms with van der Waals surface area (Å²) in [6.45, 7) is 2.52. The van der Waals surface area contributed by atoms with Crippen LogP contribution in [0.3, 0.4) is 0 Å². The van der Waals surface area contributed by atoms with Gasteiger partial charge in [-0.15, -0.1) is 0 Å². The summed E-state index contributed by atoms with van der Waals surface area (Å²) >= 11 is 18.9. The zero-order chi connectivity index (χ0) is 17.9. The highest BCUT2D eigenvalue weighted by molar-refractivity contribution is 6.36. The van der Waals surface area contributed by atoms with E-state index in [0.717, 1.165) is 11.1 Å². The molecule has 1 aromatic heterocycles. The minimum Gasteiger partial charge on any atom is -0.478 e. The molecule has 0 saturated heterocycles. The SMILES string of the molecule is Cc1cc(Cl)cc(Cl)c1C1CNc2nc3c(C(=O)O)ccc(Cl)c3n21. The second-order valence-electron chi connectivity index (χ2n) is 5.92. The van der Waals surface area contributed by atoms with Crippen molar-refractivity contribution in [2.75, 3.05) is 11.9 Å². The molecule has 0 saturated carbocycles. The normalized spacial score (nSPS) is 16.1. The molecule has 8 heteroatoms. The Morgan fingerprint density at radius 3 is 2.72 bits per heavy atom. The molecule has 0 amide bonds. The van der Waals surface area contributed by atoms with Crippen molar-refractivity contribution in [1.29, 1.82) is 0 Å². The van der Waals surface area contributed by atoms with Gasteiger partial charge in [-0.1, -0.05) is 34.8 Å². The molecule has 0 spiro atoms. The molecule has 5 nitrogen and oxygen atoms in total. The third-order valence-electron chi connectivity index (χ3n) is 4.42. The summed E-state index contributed by atoms with van der Waals surface area (Å²) in [5, 5.41) is 14.2. The minimum absolute atomic E-state index is 0.112. The average Bonchev–Trinajstić information content (AvgIpc) is 3.06. The van der Waals surface area contributed by atoms with Crippen LogP contribution in [-0.2, 0) is 0 Å². The topological polar surface area (TPSA) is 67.2 Å². The van der Waals surface area contributed by atoms with Crippen LogP contribution in [0.4, 0.5) is 5.95 Å². The first-order valence-corrected chi connectivity index (χ1v) is 8.65. The number of imidazole rings is 1. The third-order valence-corrected chi connectivity index (χ3v) is 5.25. The fourth-order valence-electron chi connectivity index (χ4n) is 3.41. The van der Waals surface area contributed by atoms with Gasteiger partial charge in [0.1, 0.15) is 5.52 Å². The molecule has 2 aromatic carbocycles. The molecule has 0 aliphatic carbocycles. The molecular formula is C17H12Cl3N3O2. The highest BCUT2D eigenvalue weighted by atomic mass is 35.5. The van der Waals surface area contributed by atoms with Crippen LogP contribution in [-0.4, -0.2) is 27.2 Å². The molecule has 3 aromatic rings. The summed E-state index contributed by atoms with van der Waals surface area (Å²) in [5.41, 5.74) is 2.91. The van der Waals surface area contributed by atoms with Crippen LogP contribution >= 0.6 is 34.8 Å². The number of hydrogen-bond acceptors (Lipinski definition) is 3. The third kappa shape index (κ3) is 2.46. The van der Waals surface area contributed by atoms with Crippen LogP contribution in [0, 0.1) is 6.92 Å². The van der Waals surface area contributed by atoms with E-state index < -0.39 is 5.97 Å². The number of aromatic carboxylic acids is 1. The van der Waals surface area contributed by atoms with E-state index in [0.29, 0.717) is 38.6 Å². The number of rotatable bonds is 2. The summed E-state index contributed by atoms with van der Waals surface area (Å²) in [6.07, 6.45) is 0. The van der Waals surface area contributed by atoms with Crippen molar-refractivity contribution in [3.8, 4) is 0 Å². The Morgan fingerprint density at radius 2 is 2.04 bits per heavy atom. The highest BCUT2D eigenvalue weighted by Crippen LogP contribution is 2.41. The zero-order valence-corrected chi connectivity index (χ0v) is 15.2. The molecule has 2 N–H and O–H groups in total. The lowest BCUT2D eigenvalue weighted by Crippen LogP contribution is -2.12. The molecule has 1 aliphatic rings. The van der Waals surface area contributed by atoms with Gasteiger partial charge in [0.2, 0.25) is 5.95 Å².